The molecule has 1 heterocycles. The number of likely N-dealkylation sites (N-methyl/N-ethyl adjacent to an activating group) is 2. The summed E-state index contributed by atoms with van der Waals surface area (Å²) in [5.41, 5.74) is 6.75. The van der Waals surface area contributed by atoms with Gasteiger partial charge in [-0.1, -0.05) is 0 Å². The number of hydrogen-bond donors (Lipinski definition) is 3. The number of carbonyl (C=O) groups excluding carboxylic acids is 2. The normalized spacial score (nSPS) is 9.94. The lowest BCUT2D eigenvalue weighted by atomic mass is 10.3. The Morgan fingerprint density at radius 1 is 1.56 bits per heavy atom. The molecule has 1 rings (SSSR count). The van der Waals surface area contributed by atoms with Gasteiger partial charge in [0.1, 0.15) is 0 Å². The molecule has 0 aliphatic rings. The largest absolute Gasteiger partial charge is 0.395 e. The lowest BCUT2D eigenvalue weighted by molar-refractivity contribution is -0.121. The average Bonchev–Trinajstić information content (AvgIpc) is 2.58. The quantitative estimate of drug-likeness (QED) is 0.621. The Morgan fingerprint density at radius 2 is 2.19 bits per heavy atom. The van der Waals surface area contributed by atoms with Gasteiger partial charge < -0.3 is 16.0 Å². The summed E-state index contributed by atoms with van der Waals surface area (Å²) < 4.78 is 0. The predicted molar refractivity (Wildman–Crippen MR) is 58.8 cm³/mol. The lowest BCUT2D eigenvalue weighted by Crippen LogP contribution is -2.37. The second kappa shape index (κ2) is 4.65. The van der Waals surface area contributed by atoms with Crippen LogP contribution in [0.3, 0.4) is 0 Å². The van der Waals surface area contributed by atoms with Gasteiger partial charge in [-0.15, -0.1) is 0 Å². The highest BCUT2D eigenvalue weighted by atomic mass is 16.2. The zero-order valence-corrected chi connectivity index (χ0v) is 9.50. The number of nitrogen functional groups attached to an aromatic ring is 1. The van der Waals surface area contributed by atoms with Crippen molar-refractivity contribution in [3.8, 4) is 0 Å². The molecule has 0 atom stereocenters. The number of carbonyl (C=O) groups is 2. The van der Waals surface area contributed by atoms with Crippen LogP contribution in [-0.4, -0.2) is 47.6 Å². The van der Waals surface area contributed by atoms with Crippen molar-refractivity contribution in [3.05, 3.63) is 11.4 Å². The predicted octanol–water partition coefficient (Wildman–Crippen LogP) is -0.882. The van der Waals surface area contributed by atoms with Crippen molar-refractivity contribution in [3.63, 3.8) is 0 Å². The van der Waals surface area contributed by atoms with E-state index >= 15 is 0 Å². The molecule has 16 heavy (non-hydrogen) atoms. The van der Waals surface area contributed by atoms with Gasteiger partial charge in [0, 0.05) is 14.1 Å². The third-order valence-corrected chi connectivity index (χ3v) is 2.20. The Morgan fingerprint density at radius 3 is 2.62 bits per heavy atom. The number of aromatic amines is 1. The number of nitrogens with zero attached hydrogens (tertiary/aromatic N) is 2. The van der Waals surface area contributed by atoms with E-state index in [1.165, 1.54) is 19.0 Å². The Hall–Kier alpha value is -2.05. The van der Waals surface area contributed by atoms with Crippen LogP contribution in [0, 0.1) is 6.92 Å². The molecule has 4 N–H and O–H groups in total. The van der Waals surface area contributed by atoms with Crippen LogP contribution in [-0.2, 0) is 4.79 Å². The van der Waals surface area contributed by atoms with Crippen molar-refractivity contribution in [2.75, 3.05) is 26.4 Å². The molecule has 7 heteroatoms. The molecular formula is C9H15N5O2. The number of nitrogens with two attached hydrogens (primary N) is 1. The van der Waals surface area contributed by atoms with Gasteiger partial charge >= 0.3 is 0 Å². The van der Waals surface area contributed by atoms with E-state index in [1.54, 1.807) is 6.92 Å². The third kappa shape index (κ3) is 2.30. The van der Waals surface area contributed by atoms with Crippen LogP contribution in [0.4, 0.5) is 5.69 Å². The Labute approximate surface area is 93.0 Å². The first-order valence-corrected chi connectivity index (χ1v) is 4.73. The fraction of sp³-hybridized carbons (Fsp3) is 0.444. The van der Waals surface area contributed by atoms with Gasteiger partial charge in [-0.05, 0) is 6.92 Å². The average molecular weight is 225 g/mol. The van der Waals surface area contributed by atoms with Crippen LogP contribution >= 0.6 is 0 Å². The maximum atomic E-state index is 11.8. The summed E-state index contributed by atoms with van der Waals surface area (Å²) in [7, 11) is 3.02. The second-order valence-corrected chi connectivity index (χ2v) is 3.45. The number of H-pyrrole nitrogens is 1. The molecule has 1 aromatic rings. The first-order chi connectivity index (χ1) is 7.47. The standard InChI is InChI=1S/C9H15N5O2/c1-5-7(10)8(13-12-5)9(16)14(3)4-6(15)11-2/h4,10H2,1-3H3,(H,11,15)(H,12,13). The molecule has 0 saturated heterocycles. The molecule has 0 saturated carbocycles. The van der Waals surface area contributed by atoms with Crippen LogP contribution in [0.15, 0.2) is 0 Å². The lowest BCUT2D eigenvalue weighted by Gasteiger charge is -2.14. The highest BCUT2D eigenvalue weighted by Gasteiger charge is 2.20. The fourth-order valence-electron chi connectivity index (χ4n) is 1.15. The second-order valence-electron chi connectivity index (χ2n) is 3.45. The van der Waals surface area contributed by atoms with E-state index in [-0.39, 0.29) is 24.1 Å². The molecule has 0 aromatic carbocycles. The van der Waals surface area contributed by atoms with E-state index < -0.39 is 0 Å². The number of hydrogen-bond acceptors (Lipinski definition) is 4. The number of rotatable bonds is 3. The van der Waals surface area contributed by atoms with Crippen LogP contribution < -0.4 is 11.1 Å². The summed E-state index contributed by atoms with van der Waals surface area (Å²) >= 11 is 0. The summed E-state index contributed by atoms with van der Waals surface area (Å²) in [6, 6.07) is 0. The zero-order valence-electron chi connectivity index (χ0n) is 9.50. The Bertz CT molecular complexity index is 412. The van der Waals surface area contributed by atoms with Gasteiger partial charge in [-0.25, -0.2) is 0 Å². The van der Waals surface area contributed by atoms with Crippen molar-refractivity contribution in [2.24, 2.45) is 0 Å². The SMILES string of the molecule is CNC(=O)CN(C)C(=O)c1n[nH]c(C)c1N. The minimum Gasteiger partial charge on any atom is -0.395 e. The highest BCUT2D eigenvalue weighted by Crippen LogP contribution is 2.13. The molecule has 7 nitrogen and oxygen atoms in total. The van der Waals surface area contributed by atoms with E-state index in [1.807, 2.05) is 0 Å². The van der Waals surface area contributed by atoms with E-state index in [2.05, 4.69) is 15.5 Å². The first-order valence-electron chi connectivity index (χ1n) is 4.73. The zero-order chi connectivity index (χ0) is 12.3. The molecule has 0 aliphatic carbocycles. The van der Waals surface area contributed by atoms with Crippen molar-refractivity contribution in [1.29, 1.82) is 0 Å². The summed E-state index contributed by atoms with van der Waals surface area (Å²) in [5.74, 6) is -0.632. The number of nitrogens with one attached hydrogen (secondary N) is 2. The first kappa shape index (κ1) is 12.0. The number of anilines is 1. The topological polar surface area (TPSA) is 104 Å². The summed E-state index contributed by atoms with van der Waals surface area (Å²) in [6.07, 6.45) is 0. The van der Waals surface area contributed by atoms with E-state index in [0.717, 1.165) is 0 Å². The maximum absolute atomic E-state index is 11.8. The van der Waals surface area contributed by atoms with Gasteiger partial charge in [0.05, 0.1) is 17.9 Å². The third-order valence-electron chi connectivity index (χ3n) is 2.20. The number of aromatic nitrogens is 2. The van der Waals surface area contributed by atoms with E-state index in [4.69, 9.17) is 5.73 Å². The molecule has 0 unspecified atom stereocenters. The molecule has 0 radical (unpaired) electrons. The smallest absolute Gasteiger partial charge is 0.276 e. The molecule has 88 valence electrons. The van der Waals surface area contributed by atoms with Crippen LogP contribution in [0.5, 0.6) is 0 Å². The number of amides is 2. The minimum absolute atomic E-state index is 0.0271. The molecule has 0 spiro atoms. The van der Waals surface area contributed by atoms with Gasteiger partial charge in [0.15, 0.2) is 5.69 Å². The summed E-state index contributed by atoms with van der Waals surface area (Å²) in [5, 5.41) is 8.84. The van der Waals surface area contributed by atoms with Crippen molar-refractivity contribution >= 4 is 17.5 Å². The molecule has 2 amide bonds. The van der Waals surface area contributed by atoms with Crippen LogP contribution in [0.1, 0.15) is 16.2 Å². The summed E-state index contributed by atoms with van der Waals surface area (Å²) in [4.78, 5) is 24.2. The number of aryl methyl sites for hydroxylation is 1. The van der Waals surface area contributed by atoms with Crippen molar-refractivity contribution in [1.82, 2.24) is 20.4 Å². The van der Waals surface area contributed by atoms with Gasteiger partial charge in [0.2, 0.25) is 5.91 Å². The fourth-order valence-corrected chi connectivity index (χ4v) is 1.15. The summed E-state index contributed by atoms with van der Waals surface area (Å²) in [6.45, 7) is 1.69. The van der Waals surface area contributed by atoms with Gasteiger partial charge in [0.25, 0.3) is 5.91 Å². The Balaban J connectivity index is 2.78. The van der Waals surface area contributed by atoms with Crippen molar-refractivity contribution < 1.29 is 9.59 Å². The molecule has 0 bridgehead atoms. The van der Waals surface area contributed by atoms with Gasteiger partial charge in [-0.3, -0.25) is 14.7 Å². The molecular weight excluding hydrogens is 210 g/mol. The van der Waals surface area contributed by atoms with Crippen LogP contribution in [0.2, 0.25) is 0 Å². The van der Waals surface area contributed by atoms with E-state index in [0.29, 0.717) is 11.4 Å². The molecule has 0 fully saturated rings. The minimum atomic E-state index is -0.384. The van der Waals surface area contributed by atoms with Gasteiger partial charge in [-0.2, -0.15) is 5.10 Å². The highest BCUT2D eigenvalue weighted by molar-refractivity contribution is 5.99. The molecule has 1 aromatic heterocycles. The monoisotopic (exact) mass is 225 g/mol. The van der Waals surface area contributed by atoms with Crippen molar-refractivity contribution in [2.45, 2.75) is 6.92 Å². The molecule has 0 aliphatic heterocycles. The Kier molecular flexibility index (Phi) is 3.49. The van der Waals surface area contributed by atoms with E-state index in [9.17, 15) is 9.59 Å². The maximum Gasteiger partial charge on any atom is 0.276 e. The van der Waals surface area contributed by atoms with Crippen LogP contribution in [0.25, 0.3) is 0 Å².